The van der Waals surface area contributed by atoms with Crippen LogP contribution in [0.5, 0.6) is 0 Å². The van der Waals surface area contributed by atoms with Gasteiger partial charge in [-0.2, -0.15) is 0 Å². The molecule has 0 radical (unpaired) electrons. The van der Waals surface area contributed by atoms with E-state index in [1.54, 1.807) is 11.8 Å². The number of thioether (sulfide) groups is 1. The van der Waals surface area contributed by atoms with Crippen molar-refractivity contribution < 1.29 is 4.21 Å². The van der Waals surface area contributed by atoms with Crippen LogP contribution in [0.15, 0.2) is 28.5 Å². The van der Waals surface area contributed by atoms with Crippen molar-refractivity contribution in [3.05, 3.63) is 39.1 Å². The van der Waals surface area contributed by atoms with E-state index in [-0.39, 0.29) is 0 Å². The van der Waals surface area contributed by atoms with Gasteiger partial charge in [-0.1, -0.05) is 23.7 Å². The van der Waals surface area contributed by atoms with E-state index in [4.69, 9.17) is 11.6 Å². The second kappa shape index (κ2) is 5.19. The summed E-state index contributed by atoms with van der Waals surface area (Å²) in [5.74, 6) is 1.87. The van der Waals surface area contributed by atoms with E-state index in [9.17, 15) is 4.21 Å². The zero-order chi connectivity index (χ0) is 10.7. The summed E-state index contributed by atoms with van der Waals surface area (Å²) in [4.78, 5) is 0. The van der Waals surface area contributed by atoms with E-state index in [1.807, 2.05) is 30.3 Å². The number of hydrogen-bond donors (Lipinski definition) is 0. The van der Waals surface area contributed by atoms with E-state index >= 15 is 0 Å². The van der Waals surface area contributed by atoms with Crippen LogP contribution < -0.4 is 0 Å². The Morgan fingerprint density at radius 3 is 2.73 bits per heavy atom. The first kappa shape index (κ1) is 11.2. The predicted octanol–water partition coefficient (Wildman–Crippen LogP) is 3.52. The number of halogens is 1. The third-order valence-electron chi connectivity index (χ3n) is 2.10. The quantitative estimate of drug-likeness (QED) is 0.767. The average Bonchev–Trinajstić information content (AvgIpc) is 2.25. The van der Waals surface area contributed by atoms with Crippen molar-refractivity contribution in [1.82, 2.24) is 0 Å². The van der Waals surface area contributed by atoms with Crippen LogP contribution in [0, 0.1) is 0 Å². The largest absolute Gasteiger partial charge is 0.254 e. The van der Waals surface area contributed by atoms with Crippen molar-refractivity contribution in [2.75, 3.05) is 11.5 Å². The molecule has 0 saturated carbocycles. The molecular weight excluding hydrogens is 248 g/mol. The Kier molecular flexibility index (Phi) is 3.89. The molecule has 1 nitrogen and oxygen atoms in total. The zero-order valence-electron chi connectivity index (χ0n) is 8.11. The van der Waals surface area contributed by atoms with Gasteiger partial charge in [-0.15, -0.1) is 11.8 Å². The highest BCUT2D eigenvalue weighted by Gasteiger charge is 2.13. The summed E-state index contributed by atoms with van der Waals surface area (Å²) < 4.78 is 12.7. The van der Waals surface area contributed by atoms with Crippen LogP contribution in [0.2, 0.25) is 5.02 Å². The molecule has 1 saturated heterocycles. The molecule has 0 bridgehead atoms. The van der Waals surface area contributed by atoms with Crippen molar-refractivity contribution in [3.8, 4) is 0 Å². The summed E-state index contributed by atoms with van der Waals surface area (Å²) in [6.45, 7) is 0. The fraction of sp³-hybridized carbons (Fsp3) is 0.273. The molecule has 1 atom stereocenters. The van der Waals surface area contributed by atoms with E-state index in [0.29, 0.717) is 0 Å². The molecule has 1 aliphatic heterocycles. The number of rotatable bonds is 1. The summed E-state index contributed by atoms with van der Waals surface area (Å²) in [6, 6.07) is 7.60. The molecule has 1 aliphatic rings. The van der Waals surface area contributed by atoms with Crippen molar-refractivity contribution in [3.63, 3.8) is 0 Å². The van der Waals surface area contributed by atoms with Gasteiger partial charge in [0, 0.05) is 10.8 Å². The molecule has 1 fully saturated rings. The second-order valence-corrected chi connectivity index (χ2v) is 6.64. The van der Waals surface area contributed by atoms with Gasteiger partial charge < -0.3 is 0 Å². The van der Waals surface area contributed by atoms with E-state index < -0.39 is 10.8 Å². The first-order valence-electron chi connectivity index (χ1n) is 4.74. The Bertz CT molecular complexity index is 398. The molecule has 1 aromatic rings. The number of benzene rings is 1. The van der Waals surface area contributed by atoms with Crippen LogP contribution in [0.25, 0.3) is 6.08 Å². The van der Waals surface area contributed by atoms with Crippen LogP contribution in [0.1, 0.15) is 12.0 Å². The molecular formula is C11H11ClOS2. The lowest BCUT2D eigenvalue weighted by Crippen LogP contribution is -2.06. The summed E-state index contributed by atoms with van der Waals surface area (Å²) in [5, 5.41) is 0.731. The van der Waals surface area contributed by atoms with Crippen molar-refractivity contribution >= 4 is 40.2 Å². The van der Waals surface area contributed by atoms with Crippen LogP contribution in [-0.4, -0.2) is 15.7 Å². The first-order valence-corrected chi connectivity index (χ1v) is 7.42. The average molecular weight is 259 g/mol. The van der Waals surface area contributed by atoms with Crippen LogP contribution in [-0.2, 0) is 10.8 Å². The van der Waals surface area contributed by atoms with Gasteiger partial charge in [-0.25, -0.2) is 0 Å². The minimum Gasteiger partial charge on any atom is -0.254 e. The van der Waals surface area contributed by atoms with Crippen molar-refractivity contribution in [2.24, 2.45) is 0 Å². The van der Waals surface area contributed by atoms with Gasteiger partial charge in [0.15, 0.2) is 0 Å². The summed E-state index contributed by atoms with van der Waals surface area (Å²) in [5.41, 5.74) is 1.07. The summed E-state index contributed by atoms with van der Waals surface area (Å²) in [6.07, 6.45) is 3.05. The monoisotopic (exact) mass is 258 g/mol. The molecule has 0 amide bonds. The first-order chi connectivity index (χ1) is 7.25. The molecule has 1 aromatic carbocycles. The van der Waals surface area contributed by atoms with E-state index in [2.05, 4.69) is 0 Å². The maximum absolute atomic E-state index is 11.7. The molecule has 0 spiro atoms. The molecule has 15 heavy (non-hydrogen) atoms. The minimum atomic E-state index is -0.793. The zero-order valence-corrected chi connectivity index (χ0v) is 10.5. The summed E-state index contributed by atoms with van der Waals surface area (Å²) >= 11 is 7.50. The molecule has 0 aliphatic carbocycles. The highest BCUT2D eigenvalue weighted by molar-refractivity contribution is 8.17. The fourth-order valence-electron chi connectivity index (χ4n) is 1.33. The van der Waals surface area contributed by atoms with Gasteiger partial charge in [0.25, 0.3) is 0 Å². The fourth-order valence-corrected chi connectivity index (χ4v) is 4.25. The molecule has 2 rings (SSSR count). The lowest BCUT2D eigenvalue weighted by Gasteiger charge is -2.12. The van der Waals surface area contributed by atoms with Crippen molar-refractivity contribution in [2.45, 2.75) is 6.42 Å². The highest BCUT2D eigenvalue weighted by Crippen LogP contribution is 2.28. The Morgan fingerprint density at radius 2 is 2.07 bits per heavy atom. The third-order valence-corrected chi connectivity index (χ3v) is 5.38. The van der Waals surface area contributed by atoms with Crippen LogP contribution >= 0.6 is 23.4 Å². The maximum atomic E-state index is 11.7. The predicted molar refractivity (Wildman–Crippen MR) is 69.5 cm³/mol. The third kappa shape index (κ3) is 3.10. The molecule has 1 unspecified atom stereocenters. The second-order valence-electron chi connectivity index (χ2n) is 3.27. The van der Waals surface area contributed by atoms with Gasteiger partial charge in [0.05, 0.1) is 15.0 Å². The van der Waals surface area contributed by atoms with E-state index in [0.717, 1.165) is 32.7 Å². The van der Waals surface area contributed by atoms with Gasteiger partial charge in [-0.3, -0.25) is 4.21 Å². The smallest absolute Gasteiger partial charge is 0.0722 e. The van der Waals surface area contributed by atoms with Crippen molar-refractivity contribution in [1.29, 1.82) is 0 Å². The van der Waals surface area contributed by atoms with Crippen LogP contribution in [0.3, 0.4) is 0 Å². The molecule has 80 valence electrons. The van der Waals surface area contributed by atoms with Gasteiger partial charge in [0.2, 0.25) is 0 Å². The topological polar surface area (TPSA) is 17.1 Å². The molecule has 4 heteroatoms. The summed E-state index contributed by atoms with van der Waals surface area (Å²) in [7, 11) is -0.793. The normalized spacial score (nSPS) is 24.3. The number of hydrogen-bond acceptors (Lipinski definition) is 2. The van der Waals surface area contributed by atoms with E-state index in [1.165, 1.54) is 0 Å². The standard InChI is InChI=1S/C11H11ClOS2/c12-10-4-2-9(3-5-10)8-11-14-6-1-7-15(11)13/h2-5,8H,1,6-7H2/b11-8-. The van der Waals surface area contributed by atoms with Gasteiger partial charge in [-0.05, 0) is 35.9 Å². The van der Waals surface area contributed by atoms with Crippen LogP contribution in [0.4, 0.5) is 0 Å². The lowest BCUT2D eigenvalue weighted by atomic mass is 10.2. The lowest BCUT2D eigenvalue weighted by molar-refractivity contribution is 0.686. The minimum absolute atomic E-state index is 0.731. The molecule has 0 N–H and O–H groups in total. The Morgan fingerprint density at radius 1 is 1.33 bits per heavy atom. The Hall–Kier alpha value is -0.250. The van der Waals surface area contributed by atoms with Gasteiger partial charge in [0.1, 0.15) is 0 Å². The highest BCUT2D eigenvalue weighted by atomic mass is 35.5. The molecule has 1 heterocycles. The Balaban J connectivity index is 2.21. The van der Waals surface area contributed by atoms with Gasteiger partial charge >= 0.3 is 0 Å². The maximum Gasteiger partial charge on any atom is 0.0722 e. The SMILES string of the molecule is O=S1CCCS/C1=C/c1ccc(Cl)cc1. The molecule has 0 aromatic heterocycles. The Labute approximate surface area is 101 Å².